The van der Waals surface area contributed by atoms with E-state index in [1.54, 1.807) is 6.20 Å². The van der Waals surface area contributed by atoms with E-state index in [-0.39, 0.29) is 5.56 Å². The van der Waals surface area contributed by atoms with Gasteiger partial charge in [-0.1, -0.05) is 0 Å². The van der Waals surface area contributed by atoms with E-state index >= 15 is 0 Å². The fraction of sp³-hybridized carbons (Fsp3) is 0.167. The van der Waals surface area contributed by atoms with Crippen molar-refractivity contribution < 1.29 is 9.18 Å². The molecule has 0 radical (unpaired) electrons. The van der Waals surface area contributed by atoms with E-state index in [1.165, 1.54) is 23.5 Å². The largest absolute Gasteiger partial charge is 0.399 e. The van der Waals surface area contributed by atoms with Crippen molar-refractivity contribution in [3.05, 3.63) is 46.2 Å². The zero-order valence-corrected chi connectivity index (χ0v) is 10.3. The standard InChI is InChI=1S/C12H12FN3OS/c13-10-7-8(14)1-2-9(10)12(17)16-4-3-11-15-5-6-18-11/h1-2,5-7H,3-4,14H2,(H,16,17). The number of hydrogen-bond donors (Lipinski definition) is 2. The average Bonchev–Trinajstić information content (AvgIpc) is 2.81. The number of carbonyl (C=O) groups is 1. The van der Waals surface area contributed by atoms with Crippen LogP contribution in [0.3, 0.4) is 0 Å². The van der Waals surface area contributed by atoms with Crippen molar-refractivity contribution in [3.63, 3.8) is 0 Å². The smallest absolute Gasteiger partial charge is 0.254 e. The van der Waals surface area contributed by atoms with Crippen LogP contribution in [0.15, 0.2) is 29.8 Å². The monoisotopic (exact) mass is 265 g/mol. The molecule has 1 aromatic heterocycles. The second-order valence-corrected chi connectivity index (χ2v) is 4.65. The van der Waals surface area contributed by atoms with Crippen molar-refractivity contribution in [2.24, 2.45) is 0 Å². The molecule has 0 unspecified atom stereocenters. The number of rotatable bonds is 4. The van der Waals surface area contributed by atoms with Crippen molar-refractivity contribution >= 4 is 22.9 Å². The number of aromatic nitrogens is 1. The number of halogens is 1. The Labute approximate surface area is 108 Å². The van der Waals surface area contributed by atoms with Gasteiger partial charge in [0.1, 0.15) is 5.82 Å². The van der Waals surface area contributed by atoms with Crippen LogP contribution in [0.4, 0.5) is 10.1 Å². The lowest BCUT2D eigenvalue weighted by molar-refractivity contribution is 0.0950. The van der Waals surface area contributed by atoms with E-state index < -0.39 is 11.7 Å². The van der Waals surface area contributed by atoms with Crippen molar-refractivity contribution in [1.82, 2.24) is 10.3 Å². The molecule has 94 valence electrons. The number of nitrogens with two attached hydrogens (primary N) is 1. The van der Waals surface area contributed by atoms with Gasteiger partial charge in [0.25, 0.3) is 5.91 Å². The van der Waals surface area contributed by atoms with Gasteiger partial charge in [0.15, 0.2) is 0 Å². The van der Waals surface area contributed by atoms with Gasteiger partial charge in [-0.3, -0.25) is 4.79 Å². The summed E-state index contributed by atoms with van der Waals surface area (Å²) in [6.45, 7) is 0.427. The first-order valence-electron chi connectivity index (χ1n) is 5.38. The summed E-state index contributed by atoms with van der Waals surface area (Å²) in [7, 11) is 0. The highest BCUT2D eigenvalue weighted by molar-refractivity contribution is 7.09. The summed E-state index contributed by atoms with van der Waals surface area (Å²) in [6, 6.07) is 4.01. The third kappa shape index (κ3) is 3.04. The Morgan fingerprint density at radius 2 is 2.33 bits per heavy atom. The van der Waals surface area contributed by atoms with E-state index in [9.17, 15) is 9.18 Å². The maximum atomic E-state index is 13.5. The summed E-state index contributed by atoms with van der Waals surface area (Å²) in [5, 5.41) is 5.45. The van der Waals surface area contributed by atoms with Crippen LogP contribution in [0.5, 0.6) is 0 Å². The molecule has 4 nitrogen and oxygen atoms in total. The van der Waals surface area contributed by atoms with Crippen molar-refractivity contribution in [1.29, 1.82) is 0 Å². The molecule has 2 aromatic rings. The lowest BCUT2D eigenvalue weighted by atomic mass is 10.2. The Morgan fingerprint density at radius 1 is 1.50 bits per heavy atom. The SMILES string of the molecule is Nc1ccc(C(=O)NCCc2nccs2)c(F)c1. The second kappa shape index (κ2) is 5.59. The van der Waals surface area contributed by atoms with Crippen LogP contribution >= 0.6 is 11.3 Å². The molecule has 18 heavy (non-hydrogen) atoms. The predicted octanol–water partition coefficient (Wildman–Crippen LogP) is 1.84. The van der Waals surface area contributed by atoms with E-state index in [0.29, 0.717) is 18.7 Å². The number of anilines is 1. The van der Waals surface area contributed by atoms with Crippen molar-refractivity contribution in [3.8, 4) is 0 Å². The summed E-state index contributed by atoms with van der Waals surface area (Å²) in [5.41, 5.74) is 5.71. The Hall–Kier alpha value is -1.95. The number of nitrogens with one attached hydrogen (secondary N) is 1. The first-order valence-corrected chi connectivity index (χ1v) is 6.26. The molecule has 0 aliphatic heterocycles. The molecular weight excluding hydrogens is 253 g/mol. The van der Waals surface area contributed by atoms with Crippen LogP contribution in [0.1, 0.15) is 15.4 Å². The molecule has 0 aliphatic carbocycles. The molecule has 0 fully saturated rings. The van der Waals surface area contributed by atoms with Crippen LogP contribution in [0.25, 0.3) is 0 Å². The minimum atomic E-state index is -0.609. The van der Waals surface area contributed by atoms with Crippen molar-refractivity contribution in [2.45, 2.75) is 6.42 Å². The molecule has 3 N–H and O–H groups in total. The van der Waals surface area contributed by atoms with Gasteiger partial charge in [0.05, 0.1) is 10.6 Å². The summed E-state index contributed by atoms with van der Waals surface area (Å²) >= 11 is 1.52. The Morgan fingerprint density at radius 3 is 3.00 bits per heavy atom. The number of benzene rings is 1. The van der Waals surface area contributed by atoms with Crippen LogP contribution in [0, 0.1) is 5.82 Å². The highest BCUT2D eigenvalue weighted by Crippen LogP contribution is 2.11. The fourth-order valence-corrected chi connectivity index (χ4v) is 2.09. The Kier molecular flexibility index (Phi) is 3.88. The molecule has 2 rings (SSSR count). The number of nitrogens with zero attached hydrogens (tertiary/aromatic N) is 1. The molecule has 0 saturated heterocycles. The Bertz CT molecular complexity index is 542. The molecule has 0 spiro atoms. The number of carbonyl (C=O) groups excluding carboxylic acids is 1. The minimum absolute atomic E-state index is 0.00309. The van der Waals surface area contributed by atoms with Crippen LogP contribution in [-0.2, 0) is 6.42 Å². The highest BCUT2D eigenvalue weighted by atomic mass is 32.1. The first kappa shape index (κ1) is 12.5. The van der Waals surface area contributed by atoms with Crippen LogP contribution in [0.2, 0.25) is 0 Å². The maximum Gasteiger partial charge on any atom is 0.254 e. The van der Waals surface area contributed by atoms with E-state index in [0.717, 1.165) is 11.1 Å². The van der Waals surface area contributed by atoms with Gasteiger partial charge in [-0.25, -0.2) is 9.37 Å². The zero-order chi connectivity index (χ0) is 13.0. The topological polar surface area (TPSA) is 68.0 Å². The van der Waals surface area contributed by atoms with Gasteiger partial charge in [0.2, 0.25) is 0 Å². The highest BCUT2D eigenvalue weighted by Gasteiger charge is 2.11. The van der Waals surface area contributed by atoms with E-state index in [2.05, 4.69) is 10.3 Å². The summed E-state index contributed by atoms with van der Waals surface area (Å²) in [5.74, 6) is -1.05. The predicted molar refractivity (Wildman–Crippen MR) is 69.0 cm³/mol. The quantitative estimate of drug-likeness (QED) is 0.829. The van der Waals surface area contributed by atoms with Crippen molar-refractivity contribution in [2.75, 3.05) is 12.3 Å². The average molecular weight is 265 g/mol. The molecule has 1 aromatic carbocycles. The molecule has 6 heteroatoms. The number of thiazole rings is 1. The molecule has 0 saturated carbocycles. The second-order valence-electron chi connectivity index (χ2n) is 3.67. The lowest BCUT2D eigenvalue weighted by Gasteiger charge is -2.05. The van der Waals surface area contributed by atoms with Gasteiger partial charge in [0, 0.05) is 30.2 Å². The van der Waals surface area contributed by atoms with Gasteiger partial charge in [-0.15, -0.1) is 11.3 Å². The third-order valence-electron chi connectivity index (χ3n) is 2.35. The van der Waals surface area contributed by atoms with Crippen LogP contribution < -0.4 is 11.1 Å². The maximum absolute atomic E-state index is 13.5. The molecule has 1 amide bonds. The molecule has 0 atom stereocenters. The fourth-order valence-electron chi connectivity index (χ4n) is 1.47. The van der Waals surface area contributed by atoms with E-state index in [1.807, 2.05) is 5.38 Å². The van der Waals surface area contributed by atoms with Gasteiger partial charge >= 0.3 is 0 Å². The van der Waals surface area contributed by atoms with Gasteiger partial charge in [-0.2, -0.15) is 0 Å². The number of amides is 1. The van der Waals surface area contributed by atoms with Gasteiger partial charge < -0.3 is 11.1 Å². The lowest BCUT2D eigenvalue weighted by Crippen LogP contribution is -2.26. The molecule has 0 aliphatic rings. The minimum Gasteiger partial charge on any atom is -0.399 e. The zero-order valence-electron chi connectivity index (χ0n) is 9.52. The molecular formula is C12H12FN3OS. The normalized spacial score (nSPS) is 10.3. The third-order valence-corrected chi connectivity index (χ3v) is 3.19. The van der Waals surface area contributed by atoms with E-state index in [4.69, 9.17) is 5.73 Å². The summed E-state index contributed by atoms with van der Waals surface area (Å²) < 4.78 is 13.5. The number of hydrogen-bond acceptors (Lipinski definition) is 4. The summed E-state index contributed by atoms with van der Waals surface area (Å²) in [6.07, 6.45) is 2.35. The molecule has 1 heterocycles. The number of nitrogen functional groups attached to an aromatic ring is 1. The van der Waals surface area contributed by atoms with Crippen LogP contribution in [-0.4, -0.2) is 17.4 Å². The Balaban J connectivity index is 1.91. The van der Waals surface area contributed by atoms with Gasteiger partial charge in [-0.05, 0) is 18.2 Å². The molecule has 0 bridgehead atoms. The summed E-state index contributed by atoms with van der Waals surface area (Å²) in [4.78, 5) is 15.8. The first-order chi connectivity index (χ1) is 8.66.